The molecule has 2 rings (SSSR count). The summed E-state index contributed by atoms with van der Waals surface area (Å²) >= 11 is 0. The quantitative estimate of drug-likeness (QED) is 0.824. The molecule has 0 radical (unpaired) electrons. The molecule has 0 amide bonds. The second-order valence-corrected chi connectivity index (χ2v) is 5.52. The van der Waals surface area contributed by atoms with Crippen molar-refractivity contribution in [2.24, 2.45) is 0 Å². The van der Waals surface area contributed by atoms with Crippen LogP contribution in [0.25, 0.3) is 0 Å². The number of hydrogen-bond acceptors (Lipinski definition) is 3. The molecule has 0 unspecified atom stereocenters. The third-order valence-electron chi connectivity index (χ3n) is 3.46. The van der Waals surface area contributed by atoms with Gasteiger partial charge in [0, 0.05) is 24.4 Å². The number of pyridine rings is 1. The molecule has 2 aromatic rings. The molecule has 0 atom stereocenters. The van der Waals surface area contributed by atoms with Gasteiger partial charge in [-0.25, -0.2) is 0 Å². The van der Waals surface area contributed by atoms with Crippen LogP contribution in [-0.4, -0.2) is 11.5 Å². The van der Waals surface area contributed by atoms with Crippen molar-refractivity contribution in [2.75, 3.05) is 17.6 Å². The Bertz CT molecular complexity index is 527. The molecule has 0 saturated heterocycles. The molecular formula is C16H21N3. The first-order valence-electron chi connectivity index (χ1n) is 6.50. The molecular weight excluding hydrogens is 234 g/mol. The Morgan fingerprint density at radius 2 is 2.00 bits per heavy atom. The fourth-order valence-electron chi connectivity index (χ4n) is 2.11. The van der Waals surface area contributed by atoms with Crippen molar-refractivity contribution in [2.45, 2.75) is 26.2 Å². The molecule has 0 aliphatic heterocycles. The summed E-state index contributed by atoms with van der Waals surface area (Å²) in [6.07, 6.45) is 3.72. The van der Waals surface area contributed by atoms with Crippen molar-refractivity contribution in [3.05, 3.63) is 53.9 Å². The van der Waals surface area contributed by atoms with E-state index in [1.165, 1.54) is 11.1 Å². The van der Waals surface area contributed by atoms with E-state index in [9.17, 15) is 0 Å². The highest BCUT2D eigenvalue weighted by atomic mass is 14.9. The Kier molecular flexibility index (Phi) is 3.74. The fraction of sp³-hybridized carbons (Fsp3) is 0.312. The summed E-state index contributed by atoms with van der Waals surface area (Å²) in [6.45, 7) is 7.28. The average molecular weight is 255 g/mol. The van der Waals surface area contributed by atoms with Gasteiger partial charge in [-0.1, -0.05) is 32.0 Å². The number of para-hydroxylation sites is 1. The maximum atomic E-state index is 6.01. The number of nitrogens with zero attached hydrogens (tertiary/aromatic N) is 1. The van der Waals surface area contributed by atoms with E-state index in [1.807, 2.05) is 24.4 Å². The number of nitrogen functional groups attached to an aromatic ring is 1. The molecule has 0 bridgehead atoms. The van der Waals surface area contributed by atoms with Gasteiger partial charge in [0.05, 0.1) is 11.4 Å². The van der Waals surface area contributed by atoms with Gasteiger partial charge in [-0.3, -0.25) is 4.98 Å². The predicted octanol–water partition coefficient (Wildman–Crippen LogP) is 3.36. The van der Waals surface area contributed by atoms with Crippen LogP contribution in [0.2, 0.25) is 0 Å². The maximum Gasteiger partial charge on any atom is 0.0603 e. The van der Waals surface area contributed by atoms with Crippen LogP contribution >= 0.6 is 0 Å². The van der Waals surface area contributed by atoms with Crippen LogP contribution in [0.4, 0.5) is 11.4 Å². The molecule has 0 aliphatic carbocycles. The van der Waals surface area contributed by atoms with Gasteiger partial charge < -0.3 is 11.1 Å². The highest BCUT2D eigenvalue weighted by Crippen LogP contribution is 2.27. The van der Waals surface area contributed by atoms with Crippen LogP contribution in [0, 0.1) is 6.92 Å². The number of nitrogens with two attached hydrogens (primary N) is 1. The Morgan fingerprint density at radius 3 is 2.63 bits per heavy atom. The second kappa shape index (κ2) is 5.31. The summed E-state index contributed by atoms with van der Waals surface area (Å²) < 4.78 is 0. The molecule has 1 aromatic heterocycles. The van der Waals surface area contributed by atoms with Crippen molar-refractivity contribution in [3.63, 3.8) is 0 Å². The smallest absolute Gasteiger partial charge is 0.0603 e. The summed E-state index contributed by atoms with van der Waals surface area (Å²) in [4.78, 5) is 4.19. The molecule has 3 nitrogen and oxygen atoms in total. The molecule has 0 spiro atoms. The van der Waals surface area contributed by atoms with E-state index in [2.05, 4.69) is 43.2 Å². The fourth-order valence-corrected chi connectivity index (χ4v) is 2.11. The van der Waals surface area contributed by atoms with Crippen molar-refractivity contribution in [3.8, 4) is 0 Å². The molecule has 0 fully saturated rings. The molecule has 0 saturated carbocycles. The minimum atomic E-state index is 0.00296. The van der Waals surface area contributed by atoms with Gasteiger partial charge in [-0.05, 0) is 30.2 Å². The number of nitrogens with one attached hydrogen (secondary N) is 1. The second-order valence-electron chi connectivity index (χ2n) is 5.52. The molecule has 1 aromatic carbocycles. The van der Waals surface area contributed by atoms with Gasteiger partial charge in [-0.2, -0.15) is 0 Å². The van der Waals surface area contributed by atoms with Crippen molar-refractivity contribution in [1.29, 1.82) is 0 Å². The Morgan fingerprint density at radius 1 is 1.21 bits per heavy atom. The van der Waals surface area contributed by atoms with Crippen LogP contribution in [0.15, 0.2) is 42.7 Å². The van der Waals surface area contributed by atoms with E-state index < -0.39 is 0 Å². The highest BCUT2D eigenvalue weighted by molar-refractivity contribution is 5.70. The van der Waals surface area contributed by atoms with E-state index in [4.69, 9.17) is 5.73 Å². The lowest BCUT2D eigenvalue weighted by atomic mass is 9.85. The van der Waals surface area contributed by atoms with E-state index in [-0.39, 0.29) is 5.41 Å². The zero-order valence-electron chi connectivity index (χ0n) is 11.8. The Balaban J connectivity index is 2.14. The van der Waals surface area contributed by atoms with Gasteiger partial charge in [-0.15, -0.1) is 0 Å². The number of benzene rings is 1. The topological polar surface area (TPSA) is 50.9 Å². The van der Waals surface area contributed by atoms with Gasteiger partial charge in [0.25, 0.3) is 0 Å². The average Bonchev–Trinajstić information content (AvgIpc) is 2.39. The summed E-state index contributed by atoms with van der Waals surface area (Å²) in [5, 5.41) is 3.47. The number of anilines is 2. The van der Waals surface area contributed by atoms with E-state index in [1.54, 1.807) is 6.20 Å². The third-order valence-corrected chi connectivity index (χ3v) is 3.46. The molecule has 19 heavy (non-hydrogen) atoms. The zero-order chi connectivity index (χ0) is 13.9. The standard InChI is InChI=1S/C16H21N3/c1-12-6-4-8-14(17)15(12)19-11-16(2,3)13-7-5-9-18-10-13/h4-10,19H,11,17H2,1-3H3. The molecule has 3 N–H and O–H groups in total. The van der Waals surface area contributed by atoms with Gasteiger partial charge in [0.2, 0.25) is 0 Å². The summed E-state index contributed by atoms with van der Waals surface area (Å²) in [7, 11) is 0. The van der Waals surface area contributed by atoms with Gasteiger partial charge >= 0.3 is 0 Å². The van der Waals surface area contributed by atoms with Crippen LogP contribution < -0.4 is 11.1 Å². The van der Waals surface area contributed by atoms with Crippen LogP contribution in [0.3, 0.4) is 0 Å². The molecule has 1 heterocycles. The molecule has 100 valence electrons. The third kappa shape index (κ3) is 3.05. The largest absolute Gasteiger partial charge is 0.397 e. The lowest BCUT2D eigenvalue weighted by molar-refractivity contribution is 0.555. The number of hydrogen-bond donors (Lipinski definition) is 2. The lowest BCUT2D eigenvalue weighted by Gasteiger charge is -2.26. The first kappa shape index (κ1) is 13.4. The van der Waals surface area contributed by atoms with Crippen molar-refractivity contribution >= 4 is 11.4 Å². The summed E-state index contributed by atoms with van der Waals surface area (Å²) in [5.41, 5.74) is 10.2. The predicted molar refractivity (Wildman–Crippen MR) is 81.3 cm³/mol. The number of aryl methyl sites for hydroxylation is 1. The highest BCUT2D eigenvalue weighted by Gasteiger charge is 2.21. The Labute approximate surface area is 114 Å². The summed E-state index contributed by atoms with van der Waals surface area (Å²) in [6, 6.07) is 10.0. The first-order chi connectivity index (χ1) is 9.00. The first-order valence-corrected chi connectivity index (χ1v) is 6.50. The van der Waals surface area contributed by atoms with E-state index in [0.717, 1.165) is 17.9 Å². The van der Waals surface area contributed by atoms with Crippen molar-refractivity contribution < 1.29 is 0 Å². The normalized spacial score (nSPS) is 11.3. The Hall–Kier alpha value is -2.03. The summed E-state index contributed by atoms with van der Waals surface area (Å²) in [5.74, 6) is 0. The van der Waals surface area contributed by atoms with Crippen molar-refractivity contribution in [1.82, 2.24) is 4.98 Å². The lowest BCUT2D eigenvalue weighted by Crippen LogP contribution is -2.28. The minimum Gasteiger partial charge on any atom is -0.397 e. The monoisotopic (exact) mass is 255 g/mol. The zero-order valence-corrected chi connectivity index (χ0v) is 11.8. The van der Waals surface area contributed by atoms with Crippen LogP contribution in [0.1, 0.15) is 25.0 Å². The SMILES string of the molecule is Cc1cccc(N)c1NCC(C)(C)c1cccnc1. The minimum absolute atomic E-state index is 0.00296. The van der Waals surface area contributed by atoms with E-state index >= 15 is 0 Å². The van der Waals surface area contributed by atoms with Crippen LogP contribution in [-0.2, 0) is 5.41 Å². The number of rotatable bonds is 4. The van der Waals surface area contributed by atoms with Gasteiger partial charge in [0.15, 0.2) is 0 Å². The molecule has 0 aliphatic rings. The molecule has 3 heteroatoms. The maximum absolute atomic E-state index is 6.01. The van der Waals surface area contributed by atoms with Crippen LogP contribution in [0.5, 0.6) is 0 Å². The van der Waals surface area contributed by atoms with Gasteiger partial charge in [0.1, 0.15) is 0 Å². The van der Waals surface area contributed by atoms with E-state index in [0.29, 0.717) is 0 Å². The number of aromatic nitrogens is 1.